The first-order valence-electron chi connectivity index (χ1n) is 3.82. The first-order valence-corrected chi connectivity index (χ1v) is 5.53. The summed E-state index contributed by atoms with van der Waals surface area (Å²) in [5, 5.41) is 3.36. The zero-order valence-corrected chi connectivity index (χ0v) is 7.80. The van der Waals surface area contributed by atoms with Gasteiger partial charge in [0, 0.05) is 6.54 Å². The van der Waals surface area contributed by atoms with E-state index in [2.05, 4.69) is 36.1 Å². The Morgan fingerprint density at radius 1 is 1.27 bits per heavy atom. The van der Waals surface area contributed by atoms with E-state index in [1.54, 1.807) is 0 Å². The molecule has 1 nitrogen and oxygen atoms in total. The van der Waals surface area contributed by atoms with Crippen LogP contribution in [-0.4, -0.2) is 15.7 Å². The van der Waals surface area contributed by atoms with Crippen LogP contribution in [0.25, 0.3) is 0 Å². The monoisotopic (exact) mass is 163 g/mol. The van der Waals surface area contributed by atoms with Gasteiger partial charge < -0.3 is 5.32 Å². The van der Waals surface area contributed by atoms with Crippen molar-refractivity contribution in [1.29, 1.82) is 0 Å². The van der Waals surface area contributed by atoms with Gasteiger partial charge in [-0.15, -0.1) is 0 Å². The number of rotatable bonds is 4. The van der Waals surface area contributed by atoms with Gasteiger partial charge in [0.2, 0.25) is 0 Å². The molecule has 2 radical (unpaired) electrons. The topological polar surface area (TPSA) is 12.0 Å². The Labute approximate surface area is 70.7 Å². The highest BCUT2D eigenvalue weighted by Gasteiger charge is 1.87. The lowest BCUT2D eigenvalue weighted by molar-refractivity contribution is 0.787. The van der Waals surface area contributed by atoms with Gasteiger partial charge >= 0.3 is 0 Å². The van der Waals surface area contributed by atoms with Crippen LogP contribution >= 0.6 is 0 Å². The van der Waals surface area contributed by atoms with Crippen LogP contribution in [0, 0.1) is 0 Å². The van der Waals surface area contributed by atoms with Crippen molar-refractivity contribution in [2.75, 3.05) is 6.17 Å². The lowest BCUT2D eigenvalue weighted by Gasteiger charge is -2.01. The third-order valence-electron chi connectivity index (χ3n) is 1.47. The third kappa shape index (κ3) is 3.35. The summed E-state index contributed by atoms with van der Waals surface area (Å²) in [6, 6.07) is 10.5. The molecule has 1 N–H and O–H groups in total. The van der Waals surface area contributed by atoms with E-state index in [1.807, 2.05) is 6.07 Å². The van der Waals surface area contributed by atoms with Gasteiger partial charge in [0.15, 0.2) is 0 Å². The van der Waals surface area contributed by atoms with E-state index in [9.17, 15) is 0 Å². The molecule has 0 atom stereocenters. The van der Waals surface area contributed by atoms with E-state index in [0.717, 1.165) is 22.2 Å². The molecule has 0 unspecified atom stereocenters. The molecule has 1 rings (SSSR count). The summed E-state index contributed by atoms with van der Waals surface area (Å²) in [7, 11) is 0.998. The van der Waals surface area contributed by atoms with Gasteiger partial charge in [-0.25, -0.2) is 0 Å². The molecule has 0 aliphatic carbocycles. The van der Waals surface area contributed by atoms with Gasteiger partial charge in [-0.3, -0.25) is 0 Å². The van der Waals surface area contributed by atoms with Crippen molar-refractivity contribution in [2.45, 2.75) is 13.1 Å². The Morgan fingerprint density at radius 2 is 2.00 bits per heavy atom. The number of hydrogen-bond donors (Lipinski definition) is 1. The Morgan fingerprint density at radius 3 is 2.64 bits per heavy atom. The molecule has 0 saturated heterocycles. The van der Waals surface area contributed by atoms with Crippen LogP contribution in [0.3, 0.4) is 0 Å². The largest absolute Gasteiger partial charge is 0.316 e. The Bertz CT molecular complexity index is 186. The Kier molecular flexibility index (Phi) is 3.94. The minimum absolute atomic E-state index is 0.998. The molecule has 11 heavy (non-hydrogen) atoms. The van der Waals surface area contributed by atoms with Gasteiger partial charge in [-0.05, 0) is 11.7 Å². The van der Waals surface area contributed by atoms with Crippen molar-refractivity contribution in [3.05, 3.63) is 35.9 Å². The number of benzene rings is 1. The summed E-state index contributed by atoms with van der Waals surface area (Å²) in [5.74, 6) is 0. The summed E-state index contributed by atoms with van der Waals surface area (Å²) >= 11 is 0. The van der Waals surface area contributed by atoms with Crippen LogP contribution < -0.4 is 5.32 Å². The molecule has 0 heterocycles. The smallest absolute Gasteiger partial charge is 0.0529 e. The van der Waals surface area contributed by atoms with Crippen molar-refractivity contribution in [3.8, 4) is 0 Å². The quantitative estimate of drug-likeness (QED) is 0.524. The maximum Gasteiger partial charge on any atom is 0.0529 e. The molecule has 1 aromatic carbocycles. The molecule has 0 fully saturated rings. The van der Waals surface area contributed by atoms with Crippen LogP contribution in [0.1, 0.15) is 5.56 Å². The molecule has 0 aliphatic heterocycles. The lowest BCUT2D eigenvalue weighted by Crippen LogP contribution is -2.17. The first kappa shape index (κ1) is 8.49. The van der Waals surface area contributed by atoms with Crippen LogP contribution in [0.2, 0.25) is 6.55 Å². The molecule has 0 spiro atoms. The predicted octanol–water partition coefficient (Wildman–Crippen LogP) is 1.49. The van der Waals surface area contributed by atoms with E-state index in [4.69, 9.17) is 0 Å². The van der Waals surface area contributed by atoms with Gasteiger partial charge in [0.05, 0.1) is 9.52 Å². The average Bonchev–Trinajstić information content (AvgIpc) is 2.07. The van der Waals surface area contributed by atoms with Crippen LogP contribution in [0.15, 0.2) is 30.3 Å². The van der Waals surface area contributed by atoms with Gasteiger partial charge in [0.1, 0.15) is 0 Å². The van der Waals surface area contributed by atoms with Crippen LogP contribution in [0.5, 0.6) is 0 Å². The van der Waals surface area contributed by atoms with Gasteiger partial charge in [-0.1, -0.05) is 36.9 Å². The predicted molar refractivity (Wildman–Crippen MR) is 49.8 cm³/mol. The summed E-state index contributed by atoms with van der Waals surface area (Å²) < 4.78 is 0. The molecule has 0 amide bonds. The molecule has 58 valence electrons. The van der Waals surface area contributed by atoms with Gasteiger partial charge in [-0.2, -0.15) is 0 Å². The normalized spacial score (nSPS) is 9.91. The Balaban J connectivity index is 2.28. The lowest BCUT2D eigenvalue weighted by atomic mass is 10.2. The zero-order valence-electron chi connectivity index (χ0n) is 6.80. The van der Waals surface area contributed by atoms with E-state index in [0.29, 0.717) is 0 Å². The Hall–Kier alpha value is -0.603. The molecule has 1 aromatic rings. The van der Waals surface area contributed by atoms with Crippen molar-refractivity contribution >= 4 is 9.52 Å². The van der Waals surface area contributed by atoms with Crippen molar-refractivity contribution in [2.24, 2.45) is 0 Å². The van der Waals surface area contributed by atoms with Crippen LogP contribution in [-0.2, 0) is 6.54 Å². The van der Waals surface area contributed by atoms with E-state index in [1.165, 1.54) is 5.56 Å². The minimum atomic E-state index is 0.998. The zero-order chi connectivity index (χ0) is 7.94. The highest BCUT2D eigenvalue weighted by Crippen LogP contribution is 1.96. The van der Waals surface area contributed by atoms with Crippen LogP contribution in [0.4, 0.5) is 0 Å². The van der Waals surface area contributed by atoms with Crippen molar-refractivity contribution in [1.82, 2.24) is 5.32 Å². The summed E-state index contributed by atoms with van der Waals surface area (Å²) in [6.07, 6.45) is 1.13. The second-order valence-corrected chi connectivity index (χ2v) is 3.50. The van der Waals surface area contributed by atoms with Crippen molar-refractivity contribution < 1.29 is 0 Å². The standard InChI is InChI=1S/C9H13NSi/c1-11-8-10-7-9-5-3-2-4-6-9/h2-6,10H,7-8H2,1H3. The van der Waals surface area contributed by atoms with E-state index < -0.39 is 0 Å². The van der Waals surface area contributed by atoms with Crippen molar-refractivity contribution in [3.63, 3.8) is 0 Å². The highest BCUT2D eigenvalue weighted by molar-refractivity contribution is 6.33. The van der Waals surface area contributed by atoms with Gasteiger partial charge in [0.25, 0.3) is 0 Å². The summed E-state index contributed by atoms with van der Waals surface area (Å²) in [4.78, 5) is 0. The fourth-order valence-corrected chi connectivity index (χ4v) is 1.30. The molecule has 0 saturated carbocycles. The number of hydrogen-bond acceptors (Lipinski definition) is 1. The second-order valence-electron chi connectivity index (χ2n) is 2.44. The summed E-state index contributed by atoms with van der Waals surface area (Å²) in [6.45, 7) is 3.21. The maximum absolute atomic E-state index is 3.36. The second kappa shape index (κ2) is 5.10. The molecular formula is C9H13NSi. The molecule has 0 bridgehead atoms. The fourth-order valence-electron chi connectivity index (χ4n) is 0.928. The fraction of sp³-hybridized carbons (Fsp3) is 0.333. The first-order chi connectivity index (χ1) is 5.43. The highest BCUT2D eigenvalue weighted by atomic mass is 28.2. The summed E-state index contributed by atoms with van der Waals surface area (Å²) in [5.41, 5.74) is 1.37. The number of nitrogens with one attached hydrogen (secondary N) is 1. The minimum Gasteiger partial charge on any atom is -0.316 e. The van der Waals surface area contributed by atoms with E-state index >= 15 is 0 Å². The molecule has 0 aromatic heterocycles. The third-order valence-corrected chi connectivity index (χ3v) is 2.08. The maximum atomic E-state index is 3.36. The molecule has 0 aliphatic rings. The SMILES string of the molecule is C[Si]CNCc1ccccc1. The molecular weight excluding hydrogens is 150 g/mol. The average molecular weight is 163 g/mol. The molecule has 2 heteroatoms. The van der Waals surface area contributed by atoms with E-state index in [-0.39, 0.29) is 0 Å².